The van der Waals surface area contributed by atoms with E-state index in [-0.39, 0.29) is 17.6 Å². The van der Waals surface area contributed by atoms with Crippen LogP contribution in [-0.2, 0) is 11.2 Å². The van der Waals surface area contributed by atoms with Gasteiger partial charge in [-0.2, -0.15) is 0 Å². The fourth-order valence-corrected chi connectivity index (χ4v) is 2.26. The standard InChI is InChI=1S/C13H14ClNO2/c1-2-13(17)15-6-5-9-7-10(12(16)8-14)3-4-11(9)15/h3-4,7H,2,5-6,8H2,1H3. The van der Waals surface area contributed by atoms with E-state index in [0.29, 0.717) is 18.5 Å². The first kappa shape index (κ1) is 12.1. The second kappa shape index (κ2) is 4.88. The molecule has 0 saturated carbocycles. The molecule has 0 aromatic heterocycles. The lowest BCUT2D eigenvalue weighted by atomic mass is 10.1. The molecule has 1 aliphatic heterocycles. The molecule has 1 heterocycles. The lowest BCUT2D eigenvalue weighted by Crippen LogP contribution is -2.27. The quantitative estimate of drug-likeness (QED) is 0.611. The number of fused-ring (bicyclic) bond motifs is 1. The molecule has 1 aromatic carbocycles. The Morgan fingerprint density at radius 1 is 1.41 bits per heavy atom. The number of rotatable bonds is 3. The van der Waals surface area contributed by atoms with Crippen molar-refractivity contribution < 1.29 is 9.59 Å². The van der Waals surface area contributed by atoms with Crippen molar-refractivity contribution in [2.45, 2.75) is 19.8 Å². The summed E-state index contributed by atoms with van der Waals surface area (Å²) < 4.78 is 0. The molecule has 0 N–H and O–H groups in total. The van der Waals surface area contributed by atoms with E-state index >= 15 is 0 Å². The molecule has 3 nitrogen and oxygen atoms in total. The number of amides is 1. The average molecular weight is 252 g/mol. The van der Waals surface area contributed by atoms with Crippen molar-refractivity contribution in [1.82, 2.24) is 0 Å². The molecule has 0 fully saturated rings. The maximum Gasteiger partial charge on any atom is 0.226 e. The second-order valence-corrected chi connectivity index (χ2v) is 4.32. The van der Waals surface area contributed by atoms with Crippen LogP contribution in [0.5, 0.6) is 0 Å². The van der Waals surface area contributed by atoms with Crippen LogP contribution in [0.15, 0.2) is 18.2 Å². The normalized spacial score (nSPS) is 13.6. The summed E-state index contributed by atoms with van der Waals surface area (Å²) >= 11 is 5.52. The van der Waals surface area contributed by atoms with E-state index in [1.54, 1.807) is 11.0 Å². The molecule has 0 unspecified atom stereocenters. The number of carbonyl (C=O) groups is 2. The number of alkyl halides is 1. The summed E-state index contributed by atoms with van der Waals surface area (Å²) in [5.74, 6) is 0.0473. The van der Waals surface area contributed by atoms with E-state index in [1.807, 2.05) is 19.1 Å². The van der Waals surface area contributed by atoms with Crippen LogP contribution in [0.3, 0.4) is 0 Å². The van der Waals surface area contributed by atoms with Crippen molar-refractivity contribution in [3.8, 4) is 0 Å². The Kier molecular flexibility index (Phi) is 3.48. The predicted octanol–water partition coefficient (Wildman–Crippen LogP) is 2.41. The van der Waals surface area contributed by atoms with Gasteiger partial charge in [0.05, 0.1) is 5.88 Å². The SMILES string of the molecule is CCC(=O)N1CCc2cc(C(=O)CCl)ccc21. The number of Topliss-reactive ketones (excluding diaryl/α,β-unsaturated/α-hetero) is 1. The molecule has 90 valence electrons. The molecular formula is C13H14ClNO2. The van der Waals surface area contributed by atoms with Crippen LogP contribution in [0.2, 0.25) is 0 Å². The lowest BCUT2D eigenvalue weighted by Gasteiger charge is -2.16. The molecular weight excluding hydrogens is 238 g/mol. The van der Waals surface area contributed by atoms with E-state index in [1.165, 1.54) is 0 Å². The topological polar surface area (TPSA) is 37.4 Å². The van der Waals surface area contributed by atoms with E-state index in [2.05, 4.69) is 0 Å². The molecule has 4 heteroatoms. The third kappa shape index (κ3) is 2.20. The number of ketones is 1. The summed E-state index contributed by atoms with van der Waals surface area (Å²) in [6.45, 7) is 2.56. The second-order valence-electron chi connectivity index (χ2n) is 4.05. The lowest BCUT2D eigenvalue weighted by molar-refractivity contribution is -0.118. The summed E-state index contributed by atoms with van der Waals surface area (Å²) in [5, 5.41) is 0. The molecule has 0 bridgehead atoms. The summed E-state index contributed by atoms with van der Waals surface area (Å²) in [5.41, 5.74) is 2.62. The van der Waals surface area contributed by atoms with Crippen LogP contribution in [0, 0.1) is 0 Å². The zero-order chi connectivity index (χ0) is 12.4. The van der Waals surface area contributed by atoms with Gasteiger partial charge in [0.25, 0.3) is 0 Å². The van der Waals surface area contributed by atoms with Crippen molar-refractivity contribution in [2.75, 3.05) is 17.3 Å². The molecule has 1 amide bonds. The highest BCUT2D eigenvalue weighted by Crippen LogP contribution is 2.29. The van der Waals surface area contributed by atoms with Gasteiger partial charge in [-0.15, -0.1) is 11.6 Å². The molecule has 17 heavy (non-hydrogen) atoms. The highest BCUT2D eigenvalue weighted by molar-refractivity contribution is 6.30. The minimum absolute atomic E-state index is 0.00358. The maximum absolute atomic E-state index is 11.7. The number of benzene rings is 1. The number of hydrogen-bond acceptors (Lipinski definition) is 2. The van der Waals surface area contributed by atoms with Gasteiger partial charge < -0.3 is 4.90 Å². The number of carbonyl (C=O) groups excluding carboxylic acids is 2. The van der Waals surface area contributed by atoms with Crippen molar-refractivity contribution in [1.29, 1.82) is 0 Å². The van der Waals surface area contributed by atoms with Crippen LogP contribution in [0.1, 0.15) is 29.3 Å². The largest absolute Gasteiger partial charge is 0.312 e. The fraction of sp³-hybridized carbons (Fsp3) is 0.385. The van der Waals surface area contributed by atoms with Crippen LogP contribution in [0.25, 0.3) is 0 Å². The van der Waals surface area contributed by atoms with Crippen LogP contribution in [-0.4, -0.2) is 24.1 Å². The Bertz CT molecular complexity index is 470. The van der Waals surface area contributed by atoms with Gasteiger partial charge in [0, 0.05) is 24.2 Å². The molecule has 0 aliphatic carbocycles. The van der Waals surface area contributed by atoms with Gasteiger partial charge in [-0.1, -0.05) is 6.92 Å². The Balaban J connectivity index is 2.32. The summed E-state index contributed by atoms with van der Waals surface area (Å²) in [4.78, 5) is 24.9. The van der Waals surface area contributed by atoms with Crippen molar-refractivity contribution in [3.63, 3.8) is 0 Å². The van der Waals surface area contributed by atoms with Crippen molar-refractivity contribution in [3.05, 3.63) is 29.3 Å². The van der Waals surface area contributed by atoms with Gasteiger partial charge in [-0.25, -0.2) is 0 Å². The molecule has 0 radical (unpaired) electrons. The van der Waals surface area contributed by atoms with Crippen molar-refractivity contribution >= 4 is 29.0 Å². The van der Waals surface area contributed by atoms with E-state index in [0.717, 1.165) is 17.7 Å². The van der Waals surface area contributed by atoms with Gasteiger partial charge in [0.1, 0.15) is 0 Å². The molecule has 0 spiro atoms. The zero-order valence-corrected chi connectivity index (χ0v) is 10.5. The van der Waals surface area contributed by atoms with Gasteiger partial charge in [-0.05, 0) is 30.2 Å². The number of nitrogens with zero attached hydrogens (tertiary/aromatic N) is 1. The molecule has 1 aliphatic rings. The van der Waals surface area contributed by atoms with E-state index in [4.69, 9.17) is 11.6 Å². The first-order chi connectivity index (χ1) is 8.17. The third-order valence-corrected chi connectivity index (χ3v) is 3.26. The Labute approximate surface area is 105 Å². The molecule has 0 saturated heterocycles. The highest BCUT2D eigenvalue weighted by Gasteiger charge is 2.24. The zero-order valence-electron chi connectivity index (χ0n) is 9.70. The molecule has 0 atom stereocenters. The Morgan fingerprint density at radius 3 is 2.82 bits per heavy atom. The Hall–Kier alpha value is -1.35. The summed E-state index contributed by atoms with van der Waals surface area (Å²) in [6, 6.07) is 5.43. The number of anilines is 1. The van der Waals surface area contributed by atoms with E-state index < -0.39 is 0 Å². The minimum Gasteiger partial charge on any atom is -0.312 e. The molecule has 2 rings (SSSR count). The highest BCUT2D eigenvalue weighted by atomic mass is 35.5. The van der Waals surface area contributed by atoms with Gasteiger partial charge in [0.2, 0.25) is 5.91 Å². The van der Waals surface area contributed by atoms with Gasteiger partial charge in [0.15, 0.2) is 5.78 Å². The van der Waals surface area contributed by atoms with Crippen LogP contribution in [0.4, 0.5) is 5.69 Å². The third-order valence-electron chi connectivity index (χ3n) is 3.02. The summed E-state index contributed by atoms with van der Waals surface area (Å²) in [7, 11) is 0. The minimum atomic E-state index is -0.0743. The van der Waals surface area contributed by atoms with Crippen LogP contribution >= 0.6 is 11.6 Å². The smallest absolute Gasteiger partial charge is 0.226 e. The van der Waals surface area contributed by atoms with Crippen molar-refractivity contribution in [2.24, 2.45) is 0 Å². The Morgan fingerprint density at radius 2 is 2.18 bits per heavy atom. The van der Waals surface area contributed by atoms with E-state index in [9.17, 15) is 9.59 Å². The average Bonchev–Trinajstić information content (AvgIpc) is 2.79. The summed E-state index contributed by atoms with van der Waals surface area (Å²) in [6.07, 6.45) is 1.31. The monoisotopic (exact) mass is 251 g/mol. The first-order valence-electron chi connectivity index (χ1n) is 5.69. The van der Waals surface area contributed by atoms with Crippen LogP contribution < -0.4 is 4.90 Å². The molecule has 1 aromatic rings. The predicted molar refractivity (Wildman–Crippen MR) is 67.8 cm³/mol. The fourth-order valence-electron chi connectivity index (χ4n) is 2.10. The first-order valence-corrected chi connectivity index (χ1v) is 6.23. The van der Waals surface area contributed by atoms with Gasteiger partial charge in [-0.3, -0.25) is 9.59 Å². The maximum atomic E-state index is 11.7. The van der Waals surface area contributed by atoms with Gasteiger partial charge >= 0.3 is 0 Å². The number of halogens is 1. The number of hydrogen-bond donors (Lipinski definition) is 0.